The lowest BCUT2D eigenvalue weighted by molar-refractivity contribution is -0.129. The lowest BCUT2D eigenvalue weighted by Crippen LogP contribution is -2.43. The Balaban J connectivity index is 2.03. The Morgan fingerprint density at radius 3 is 2.41 bits per heavy atom. The highest BCUT2D eigenvalue weighted by Crippen LogP contribution is 2.16. The zero-order chi connectivity index (χ0) is 15.8. The second kappa shape index (κ2) is 8.79. The number of anilines is 1. The summed E-state index contributed by atoms with van der Waals surface area (Å²) in [5, 5.41) is 9.99. The second-order valence-electron chi connectivity index (χ2n) is 6.07. The minimum atomic E-state index is -0.405. The smallest absolute Gasteiger partial charge is 0.242 e. The summed E-state index contributed by atoms with van der Waals surface area (Å²) in [7, 11) is 0. The van der Waals surface area contributed by atoms with Gasteiger partial charge in [0, 0.05) is 25.3 Å². The van der Waals surface area contributed by atoms with Gasteiger partial charge in [-0.1, -0.05) is 38.0 Å². The molecule has 2 rings (SSSR count). The number of nitrogens with zero attached hydrogens (tertiary/aromatic N) is 2. The predicted molar refractivity (Wildman–Crippen MR) is 90.0 cm³/mol. The van der Waals surface area contributed by atoms with Crippen molar-refractivity contribution in [3.63, 3.8) is 0 Å². The molecule has 1 unspecified atom stereocenters. The molecule has 1 aromatic rings. The number of amides is 1. The van der Waals surface area contributed by atoms with Gasteiger partial charge in [0.25, 0.3) is 0 Å². The molecule has 22 heavy (non-hydrogen) atoms. The van der Waals surface area contributed by atoms with E-state index in [1.54, 1.807) is 0 Å². The van der Waals surface area contributed by atoms with Gasteiger partial charge in [0.2, 0.25) is 5.91 Å². The SMILES string of the molecule is CCC(O)CN(CC(=O)N1CCCCCC1)c1ccccc1. The number of aliphatic hydroxyl groups excluding tert-OH is 1. The standard InChI is InChI=1S/C18H28N2O2/c1-2-17(21)14-20(16-10-6-5-7-11-16)15-18(22)19-12-8-3-4-9-13-19/h5-7,10-11,17,21H,2-4,8-9,12-15H2,1H3. The van der Waals surface area contributed by atoms with Crippen LogP contribution in [0.25, 0.3) is 0 Å². The van der Waals surface area contributed by atoms with Crippen LogP contribution in [0.5, 0.6) is 0 Å². The van der Waals surface area contributed by atoms with Gasteiger partial charge in [-0.05, 0) is 31.4 Å². The molecule has 1 heterocycles. The van der Waals surface area contributed by atoms with E-state index in [1.165, 1.54) is 12.8 Å². The fourth-order valence-electron chi connectivity index (χ4n) is 2.87. The van der Waals surface area contributed by atoms with Crippen molar-refractivity contribution in [2.75, 3.05) is 31.1 Å². The molecule has 1 aromatic carbocycles. The van der Waals surface area contributed by atoms with Crippen LogP contribution >= 0.6 is 0 Å². The molecule has 0 aliphatic carbocycles. The van der Waals surface area contributed by atoms with E-state index < -0.39 is 6.10 Å². The number of rotatable bonds is 6. The molecular formula is C18H28N2O2. The van der Waals surface area contributed by atoms with E-state index >= 15 is 0 Å². The number of hydrogen-bond donors (Lipinski definition) is 1. The average molecular weight is 304 g/mol. The summed E-state index contributed by atoms with van der Waals surface area (Å²) in [6.45, 7) is 4.56. The molecule has 4 heteroatoms. The molecule has 1 aliphatic rings. The maximum Gasteiger partial charge on any atom is 0.242 e. The first-order valence-electron chi connectivity index (χ1n) is 8.46. The normalized spacial score (nSPS) is 16.9. The van der Waals surface area contributed by atoms with Gasteiger partial charge >= 0.3 is 0 Å². The molecule has 0 saturated carbocycles. The molecule has 1 saturated heterocycles. The van der Waals surface area contributed by atoms with Crippen molar-refractivity contribution in [1.29, 1.82) is 0 Å². The highest BCUT2D eigenvalue weighted by molar-refractivity contribution is 5.81. The van der Waals surface area contributed by atoms with Crippen LogP contribution in [0, 0.1) is 0 Å². The van der Waals surface area contributed by atoms with Crippen LogP contribution in [0.1, 0.15) is 39.0 Å². The van der Waals surface area contributed by atoms with Gasteiger partial charge in [-0.2, -0.15) is 0 Å². The molecule has 1 amide bonds. The fourth-order valence-corrected chi connectivity index (χ4v) is 2.87. The van der Waals surface area contributed by atoms with Gasteiger partial charge in [0.05, 0.1) is 12.6 Å². The van der Waals surface area contributed by atoms with Gasteiger partial charge in [-0.3, -0.25) is 4.79 Å². The largest absolute Gasteiger partial charge is 0.391 e. The summed E-state index contributed by atoms with van der Waals surface area (Å²) >= 11 is 0. The number of carbonyl (C=O) groups excluding carboxylic acids is 1. The van der Waals surface area contributed by atoms with Crippen LogP contribution in [0.3, 0.4) is 0 Å². The van der Waals surface area contributed by atoms with Gasteiger partial charge in [0.15, 0.2) is 0 Å². The molecule has 1 fully saturated rings. The highest BCUT2D eigenvalue weighted by Gasteiger charge is 2.20. The third-order valence-electron chi connectivity index (χ3n) is 4.31. The lowest BCUT2D eigenvalue weighted by Gasteiger charge is -2.29. The van der Waals surface area contributed by atoms with Crippen molar-refractivity contribution >= 4 is 11.6 Å². The fraction of sp³-hybridized carbons (Fsp3) is 0.611. The maximum atomic E-state index is 12.6. The molecule has 0 aromatic heterocycles. The molecule has 0 spiro atoms. The van der Waals surface area contributed by atoms with Crippen LogP contribution in [-0.4, -0.2) is 48.2 Å². The Hall–Kier alpha value is -1.55. The second-order valence-corrected chi connectivity index (χ2v) is 6.07. The van der Waals surface area contributed by atoms with Crippen molar-refractivity contribution in [3.8, 4) is 0 Å². The average Bonchev–Trinajstić information content (AvgIpc) is 2.84. The van der Waals surface area contributed by atoms with E-state index in [-0.39, 0.29) is 5.91 Å². The van der Waals surface area contributed by atoms with Crippen LogP contribution in [0.2, 0.25) is 0 Å². The number of likely N-dealkylation sites (tertiary alicyclic amines) is 1. The Morgan fingerprint density at radius 2 is 1.82 bits per heavy atom. The van der Waals surface area contributed by atoms with Gasteiger partial charge < -0.3 is 14.9 Å². The van der Waals surface area contributed by atoms with E-state index in [1.807, 2.05) is 47.1 Å². The van der Waals surface area contributed by atoms with Gasteiger partial charge in [-0.15, -0.1) is 0 Å². The number of aliphatic hydroxyl groups is 1. The Bertz CT molecular complexity index is 442. The van der Waals surface area contributed by atoms with Crippen molar-refractivity contribution < 1.29 is 9.90 Å². The van der Waals surface area contributed by atoms with Crippen LogP contribution in [-0.2, 0) is 4.79 Å². The molecule has 1 atom stereocenters. The first-order valence-corrected chi connectivity index (χ1v) is 8.46. The highest BCUT2D eigenvalue weighted by atomic mass is 16.3. The Kier molecular flexibility index (Phi) is 6.72. The van der Waals surface area contributed by atoms with Crippen molar-refractivity contribution in [3.05, 3.63) is 30.3 Å². The molecule has 0 bridgehead atoms. The Morgan fingerprint density at radius 1 is 1.18 bits per heavy atom. The van der Waals surface area contributed by atoms with Crippen LogP contribution in [0.15, 0.2) is 30.3 Å². The first-order chi connectivity index (χ1) is 10.7. The lowest BCUT2D eigenvalue weighted by atomic mass is 10.2. The number of hydrogen-bond acceptors (Lipinski definition) is 3. The van der Waals surface area contributed by atoms with Gasteiger partial charge in [0.1, 0.15) is 0 Å². The minimum absolute atomic E-state index is 0.175. The van der Waals surface area contributed by atoms with Crippen LogP contribution < -0.4 is 4.90 Å². The van der Waals surface area contributed by atoms with Gasteiger partial charge in [-0.25, -0.2) is 0 Å². The number of benzene rings is 1. The van der Waals surface area contributed by atoms with E-state index in [2.05, 4.69) is 0 Å². The molecular weight excluding hydrogens is 276 g/mol. The van der Waals surface area contributed by atoms with Crippen molar-refractivity contribution in [2.24, 2.45) is 0 Å². The summed E-state index contributed by atoms with van der Waals surface area (Å²) in [4.78, 5) is 16.6. The van der Waals surface area contributed by atoms with E-state index in [0.717, 1.165) is 31.6 Å². The first kappa shape index (κ1) is 16.8. The summed E-state index contributed by atoms with van der Waals surface area (Å²) in [6.07, 6.45) is 4.95. The predicted octanol–water partition coefficient (Wildman–Crippen LogP) is 2.67. The summed E-state index contributed by atoms with van der Waals surface area (Å²) in [5.74, 6) is 0.175. The molecule has 1 aliphatic heterocycles. The number of para-hydroxylation sites is 1. The summed E-state index contributed by atoms with van der Waals surface area (Å²) < 4.78 is 0. The molecule has 1 N–H and O–H groups in total. The van der Waals surface area contributed by atoms with E-state index in [0.29, 0.717) is 19.5 Å². The summed E-state index contributed by atoms with van der Waals surface area (Å²) in [5.41, 5.74) is 0.998. The maximum absolute atomic E-state index is 12.6. The van der Waals surface area contributed by atoms with Crippen molar-refractivity contribution in [1.82, 2.24) is 4.90 Å². The topological polar surface area (TPSA) is 43.8 Å². The molecule has 0 radical (unpaired) electrons. The van der Waals surface area contributed by atoms with Crippen molar-refractivity contribution in [2.45, 2.75) is 45.1 Å². The van der Waals surface area contributed by atoms with E-state index in [9.17, 15) is 9.90 Å². The summed E-state index contributed by atoms with van der Waals surface area (Å²) in [6, 6.07) is 9.90. The zero-order valence-corrected chi connectivity index (χ0v) is 13.6. The van der Waals surface area contributed by atoms with Crippen LogP contribution in [0.4, 0.5) is 5.69 Å². The zero-order valence-electron chi connectivity index (χ0n) is 13.6. The monoisotopic (exact) mass is 304 g/mol. The Labute approximate surface area is 133 Å². The number of carbonyl (C=O) groups is 1. The third-order valence-corrected chi connectivity index (χ3v) is 4.31. The minimum Gasteiger partial charge on any atom is -0.391 e. The molecule has 4 nitrogen and oxygen atoms in total. The van der Waals surface area contributed by atoms with E-state index in [4.69, 9.17) is 0 Å². The quantitative estimate of drug-likeness (QED) is 0.879. The third kappa shape index (κ3) is 5.02. The molecule has 122 valence electrons.